The second-order valence-electron chi connectivity index (χ2n) is 24.6. The Morgan fingerprint density at radius 1 is 0.556 bits per heavy atom. The summed E-state index contributed by atoms with van der Waals surface area (Å²) >= 11 is 0. The van der Waals surface area contributed by atoms with Crippen LogP contribution in [0.25, 0.3) is 10.4 Å². The number of ketones is 1. The summed E-state index contributed by atoms with van der Waals surface area (Å²) in [5, 5.41) is 20.6. The summed E-state index contributed by atoms with van der Waals surface area (Å²) in [5.41, 5.74) is 17.9. The number of nitrogens with two attached hydrogens (primary N) is 1. The highest BCUT2D eigenvalue weighted by atomic mass is 19.4. The Balaban J connectivity index is 0.000000119. The molecule has 5 aromatic carbocycles. The van der Waals surface area contributed by atoms with Crippen LogP contribution in [0.5, 0.6) is 51.7 Å². The summed E-state index contributed by atoms with van der Waals surface area (Å²) in [4.78, 5) is 85.5. The van der Waals surface area contributed by atoms with Crippen molar-refractivity contribution in [2.45, 2.75) is 99.8 Å². The van der Waals surface area contributed by atoms with E-state index in [-0.39, 0.29) is 84.0 Å². The molecule has 8 aromatic rings. The number of azide groups is 1. The van der Waals surface area contributed by atoms with E-state index in [1.165, 1.54) is 18.2 Å². The molecule has 9 heterocycles. The summed E-state index contributed by atoms with van der Waals surface area (Å²) < 4.78 is 110. The maximum Gasteiger partial charge on any atom is 0.416 e. The molecule has 0 spiro atoms. The van der Waals surface area contributed by atoms with Crippen molar-refractivity contribution in [3.8, 4) is 51.7 Å². The number of hydrogen-bond acceptors (Lipinski definition) is 16. The molecule has 3 aromatic heterocycles. The number of hydrogen-bond donors (Lipinski definition) is 5. The number of halogens is 6. The van der Waals surface area contributed by atoms with E-state index < -0.39 is 47.2 Å². The molecule has 17 rings (SSSR count). The number of ether oxygens (including phenoxy) is 6. The van der Waals surface area contributed by atoms with Crippen LogP contribution in [0.15, 0.2) is 145 Å². The first-order chi connectivity index (χ1) is 47.5. The van der Waals surface area contributed by atoms with Crippen molar-refractivity contribution in [3.05, 3.63) is 200 Å². The number of fused-ring (bicyclic) bond motifs is 12. The maximum atomic E-state index is 13.0. The van der Waals surface area contributed by atoms with Crippen molar-refractivity contribution < 1.29 is 88.6 Å². The lowest BCUT2D eigenvalue weighted by molar-refractivity contribution is -0.139. The van der Waals surface area contributed by atoms with E-state index in [0.717, 1.165) is 69.1 Å². The first kappa shape index (κ1) is 64.6. The van der Waals surface area contributed by atoms with Gasteiger partial charge in [0.2, 0.25) is 23.6 Å². The minimum atomic E-state index is -4.44. The van der Waals surface area contributed by atoms with Gasteiger partial charge in [-0.15, -0.1) is 0 Å². The third kappa shape index (κ3) is 13.5. The van der Waals surface area contributed by atoms with E-state index >= 15 is 0 Å². The van der Waals surface area contributed by atoms with Crippen LogP contribution in [0, 0.1) is 17.8 Å². The number of carboxylic acids is 1. The quantitative estimate of drug-likeness (QED) is 0.0249. The first-order valence-electron chi connectivity index (χ1n) is 31.2. The number of rotatable bonds is 12. The van der Waals surface area contributed by atoms with Gasteiger partial charge in [-0.1, -0.05) is 24.3 Å². The lowest BCUT2D eigenvalue weighted by Gasteiger charge is -2.19. The SMILES string of the molecule is Nc1cccc(C(F)(F)F)c1.O=C(Cc1cccc(C(F)(F)F)c1)C[C@@H]1[C@H]2Oc3ccc(Oc4ccnc5c4CCC(=O)N5)cc3[C@@H]12.O=C1CCc2c(Oc3ccc4c(c3)[C@@H]3[C@H](O4)[C@H]3C(=O)O)ccnc2N1.[N-]=[N+]=NC(=O)[C@@H]1[C@H]2Oc3ccc(Oc4ccnc5c4CCC(=O)N5)cc3[C@H]21. The zero-order chi connectivity index (χ0) is 69.2. The number of Topliss-reactive ketones (excluding diaryl/α,β-unsaturated/α-hetero) is 1. The van der Waals surface area contributed by atoms with E-state index in [1.807, 2.05) is 36.4 Å². The van der Waals surface area contributed by atoms with Gasteiger partial charge in [-0.25, -0.2) is 15.0 Å². The highest BCUT2D eigenvalue weighted by Crippen LogP contribution is 2.62. The molecule has 3 fully saturated rings. The van der Waals surface area contributed by atoms with Gasteiger partial charge in [0, 0.05) is 118 Å². The number of alkyl halides is 6. The Labute approximate surface area is 556 Å². The van der Waals surface area contributed by atoms with Gasteiger partial charge < -0.3 is 55.2 Å². The predicted molar refractivity (Wildman–Crippen MR) is 337 cm³/mol. The van der Waals surface area contributed by atoms with Crippen LogP contribution in [0.4, 0.5) is 49.5 Å². The van der Waals surface area contributed by atoms with Gasteiger partial charge in [0.1, 0.15) is 99.2 Å². The third-order valence-corrected chi connectivity index (χ3v) is 18.2. The van der Waals surface area contributed by atoms with Crippen molar-refractivity contribution >= 4 is 58.5 Å². The lowest BCUT2D eigenvalue weighted by Crippen LogP contribution is -2.20. The normalized spacial score (nSPS) is 21.9. The highest BCUT2D eigenvalue weighted by Gasteiger charge is 2.64. The number of pyridine rings is 3. The second-order valence-corrected chi connectivity index (χ2v) is 24.6. The Hall–Kier alpha value is -11.7. The fourth-order valence-electron chi connectivity index (χ4n) is 13.3. The average molecular weight is 1360 g/mol. The van der Waals surface area contributed by atoms with Gasteiger partial charge in [-0.3, -0.25) is 28.8 Å². The molecule has 99 heavy (non-hydrogen) atoms. The monoisotopic (exact) mass is 1360 g/mol. The number of nitrogens with zero attached hydrogens (tertiary/aromatic N) is 6. The molecule has 29 heteroatoms. The average Bonchev–Trinajstić information content (AvgIpc) is 1.57. The molecular formula is C70H54F6N10O13. The number of aromatic nitrogens is 3. The fourth-order valence-corrected chi connectivity index (χ4v) is 13.3. The van der Waals surface area contributed by atoms with Gasteiger partial charge in [0.05, 0.1) is 17.0 Å². The molecule has 9 aliphatic rings. The number of carboxylic acid groups (broad SMARTS) is 1. The summed E-state index contributed by atoms with van der Waals surface area (Å²) in [7, 11) is 0. The molecule has 0 bridgehead atoms. The van der Waals surface area contributed by atoms with Crippen LogP contribution in [0.2, 0.25) is 0 Å². The number of benzene rings is 5. The smallest absolute Gasteiger partial charge is 0.416 e. The first-order valence-corrected chi connectivity index (χ1v) is 31.2. The summed E-state index contributed by atoms with van der Waals surface area (Å²) in [6.45, 7) is 0. The number of amides is 4. The van der Waals surface area contributed by atoms with Crippen LogP contribution < -0.4 is 50.1 Å². The van der Waals surface area contributed by atoms with Crippen molar-refractivity contribution in [1.82, 2.24) is 15.0 Å². The van der Waals surface area contributed by atoms with Gasteiger partial charge in [-0.05, 0) is 133 Å². The Bertz CT molecular complexity index is 4720. The van der Waals surface area contributed by atoms with Crippen molar-refractivity contribution in [2.24, 2.45) is 22.9 Å². The molecule has 0 radical (unpaired) electrons. The molecule has 9 atom stereocenters. The number of anilines is 4. The molecule has 3 saturated carbocycles. The fraction of sp³-hybridized carbons (Fsp3) is 0.271. The third-order valence-electron chi connectivity index (χ3n) is 18.2. The number of nitrogens with one attached hydrogen (secondary N) is 3. The molecule has 23 nitrogen and oxygen atoms in total. The Kier molecular flexibility index (Phi) is 16.8. The van der Waals surface area contributed by atoms with E-state index in [9.17, 15) is 60.2 Å². The molecule has 0 saturated heterocycles. The zero-order valence-corrected chi connectivity index (χ0v) is 51.5. The Morgan fingerprint density at radius 2 is 0.980 bits per heavy atom. The molecule has 0 unspecified atom stereocenters. The molecule has 4 amide bonds. The standard InChI is InChI=1S/C27H21F3N2O4.C18H13N5O4.C18H14N2O5.C7H6F3N/c28-27(29,30)15-3-1-2-14(10-15)11-16(33)12-20-24-19-13-17(4-6-21(19)36-25(20)24)35-22-8-9-31-26-18(22)5-7-23(34)32-26;19-23-22-18(25)15-14-10-7-8(1-3-11(10)27-16(14)15)26-12-5-6-20-17-9(12)2-4-13(24)21-17;21-13-4-2-9-12(5-6-19-17(9)20-13)24-8-1-3-11-10(7-8)14-15(18(22)23)16(14)25-11;8-7(9,10)5-2-1-3-6(11)4-5/h1-4,6,8-10,13,20,24-25H,5,7,11-12H2,(H,31,32,34);1,3,5-7,14-16H,2,4H2,(H,20,21,24);1,3,5-7,14-16H,2,4H2,(H,22,23)(H,19,20,21);1-4H,11H2/t20-,24-,25+;2*14-,15-,16-;/m000./s1. The predicted octanol–water partition coefficient (Wildman–Crippen LogP) is 13.1. The summed E-state index contributed by atoms with van der Waals surface area (Å²) in [5.74, 6) is 4.83. The zero-order valence-electron chi connectivity index (χ0n) is 51.5. The molecule has 3 aliphatic carbocycles. The van der Waals surface area contributed by atoms with Crippen molar-refractivity contribution in [3.63, 3.8) is 0 Å². The molecule has 6 N–H and O–H groups in total. The van der Waals surface area contributed by atoms with E-state index in [2.05, 4.69) is 40.9 Å². The van der Waals surface area contributed by atoms with Gasteiger partial charge >= 0.3 is 18.3 Å². The van der Waals surface area contributed by atoms with Crippen LogP contribution in [0.3, 0.4) is 0 Å². The Morgan fingerprint density at radius 3 is 1.41 bits per heavy atom. The van der Waals surface area contributed by atoms with Gasteiger partial charge in [0.25, 0.3) is 0 Å². The summed E-state index contributed by atoms with van der Waals surface area (Å²) in [6.07, 6.45) is -1.57. The molecule has 504 valence electrons. The topological polar surface area (TPSA) is 328 Å². The molecule has 6 aliphatic heterocycles. The van der Waals surface area contributed by atoms with Crippen molar-refractivity contribution in [2.75, 3.05) is 21.7 Å². The van der Waals surface area contributed by atoms with Crippen LogP contribution >= 0.6 is 0 Å². The second kappa shape index (κ2) is 25.7. The summed E-state index contributed by atoms with van der Waals surface area (Å²) in [6, 6.07) is 31.2. The van der Waals surface area contributed by atoms with Crippen LogP contribution in [-0.2, 0) is 66.8 Å². The highest BCUT2D eigenvalue weighted by molar-refractivity contribution is 5.95. The van der Waals surface area contributed by atoms with Crippen molar-refractivity contribution in [1.29, 1.82) is 0 Å². The largest absolute Gasteiger partial charge is 0.489 e. The number of carbonyl (C=O) groups is 6. The van der Waals surface area contributed by atoms with Gasteiger partial charge in [0.15, 0.2) is 0 Å². The van der Waals surface area contributed by atoms with Gasteiger partial charge in [-0.2, -0.15) is 26.3 Å². The maximum absolute atomic E-state index is 13.0. The minimum Gasteiger partial charge on any atom is -0.489 e. The number of aliphatic carboxylic acids is 1. The van der Waals surface area contributed by atoms with E-state index in [4.69, 9.17) is 39.7 Å². The van der Waals surface area contributed by atoms with E-state index in [0.29, 0.717) is 102 Å². The number of carbonyl (C=O) groups excluding carboxylic acids is 5. The molecular weight excluding hydrogens is 1300 g/mol. The minimum absolute atomic E-state index is 0.00468. The van der Waals surface area contributed by atoms with Crippen LogP contribution in [0.1, 0.15) is 93.5 Å². The van der Waals surface area contributed by atoms with Crippen LogP contribution in [-0.4, -0.2) is 73.8 Å². The number of nitrogen functional groups attached to an aromatic ring is 1. The van der Waals surface area contributed by atoms with E-state index in [1.54, 1.807) is 61.1 Å². The lowest BCUT2D eigenvalue weighted by atomic mass is 10.0.